The molecule has 1 aliphatic heterocycles. The average molecular weight is 477 g/mol. The maximum absolute atomic E-state index is 13.2. The molecule has 3 aromatic rings. The van der Waals surface area contributed by atoms with Gasteiger partial charge in [0, 0.05) is 29.8 Å². The fourth-order valence-corrected chi connectivity index (χ4v) is 5.93. The Hall–Kier alpha value is -3.19. The number of hydrogen-bond donors (Lipinski definition) is 0. The molecule has 1 amide bonds. The lowest BCUT2D eigenvalue weighted by Gasteiger charge is -2.36. The van der Waals surface area contributed by atoms with Gasteiger partial charge in [0.15, 0.2) is 5.69 Å². The van der Waals surface area contributed by atoms with Gasteiger partial charge in [-0.3, -0.25) is 0 Å². The van der Waals surface area contributed by atoms with Gasteiger partial charge in [0.1, 0.15) is 6.61 Å². The number of rotatable bonds is 5. The summed E-state index contributed by atoms with van der Waals surface area (Å²) in [5.41, 5.74) is 5.18. The van der Waals surface area contributed by atoms with Gasteiger partial charge < -0.3 is 14.4 Å². The van der Waals surface area contributed by atoms with E-state index in [0.29, 0.717) is 25.5 Å². The summed E-state index contributed by atoms with van der Waals surface area (Å²) in [6.45, 7) is 5.00. The molecule has 1 aliphatic carbocycles. The maximum atomic E-state index is 13.2. The number of carbonyl (C=O) groups is 2. The third-order valence-electron chi connectivity index (χ3n) is 6.81. The fourth-order valence-electron chi connectivity index (χ4n) is 5.01. The summed E-state index contributed by atoms with van der Waals surface area (Å²) < 4.78 is 11.0. The highest BCUT2D eigenvalue weighted by Gasteiger charge is 2.34. The molecule has 0 saturated carbocycles. The first-order valence-corrected chi connectivity index (χ1v) is 12.7. The first-order valence-electron chi connectivity index (χ1n) is 11.8. The van der Waals surface area contributed by atoms with E-state index < -0.39 is 5.97 Å². The Bertz CT molecular complexity index is 1160. The molecule has 7 heteroatoms. The van der Waals surface area contributed by atoms with Crippen molar-refractivity contribution in [2.75, 3.05) is 19.8 Å². The number of fused-ring (bicyclic) bond motifs is 3. The SMILES string of the molecule is CCOC(=O)c1csc(C2CCC(C)N(C(=O)OCC3c4ccccc4-c4ccccc43)C2)n1. The molecule has 1 saturated heterocycles. The molecule has 176 valence electrons. The van der Waals surface area contributed by atoms with Crippen LogP contribution in [-0.2, 0) is 9.47 Å². The van der Waals surface area contributed by atoms with E-state index in [1.807, 2.05) is 29.2 Å². The van der Waals surface area contributed by atoms with Gasteiger partial charge in [-0.1, -0.05) is 48.5 Å². The quantitative estimate of drug-likeness (QED) is 0.433. The molecule has 2 unspecified atom stereocenters. The van der Waals surface area contributed by atoms with Crippen LogP contribution in [-0.4, -0.2) is 47.7 Å². The Morgan fingerprint density at radius 1 is 1.03 bits per heavy atom. The van der Waals surface area contributed by atoms with E-state index in [-0.39, 0.29) is 24.0 Å². The first kappa shape index (κ1) is 22.6. The molecule has 2 aromatic carbocycles. The molecule has 0 spiro atoms. The summed E-state index contributed by atoms with van der Waals surface area (Å²) >= 11 is 1.45. The van der Waals surface area contributed by atoms with Crippen molar-refractivity contribution in [2.45, 2.75) is 44.6 Å². The highest BCUT2D eigenvalue weighted by molar-refractivity contribution is 7.09. The number of hydrogen-bond acceptors (Lipinski definition) is 6. The highest BCUT2D eigenvalue weighted by atomic mass is 32.1. The van der Waals surface area contributed by atoms with E-state index in [1.54, 1.807) is 12.3 Å². The molecule has 1 fully saturated rings. The van der Waals surface area contributed by atoms with Gasteiger partial charge in [-0.2, -0.15) is 0 Å². The maximum Gasteiger partial charge on any atom is 0.410 e. The zero-order chi connectivity index (χ0) is 23.7. The number of likely N-dealkylation sites (tertiary alicyclic amines) is 1. The number of aromatic nitrogens is 1. The predicted molar refractivity (Wildman–Crippen MR) is 131 cm³/mol. The molecule has 0 radical (unpaired) electrons. The number of esters is 1. The van der Waals surface area contributed by atoms with Crippen molar-refractivity contribution in [3.63, 3.8) is 0 Å². The minimum absolute atomic E-state index is 0.0401. The van der Waals surface area contributed by atoms with E-state index >= 15 is 0 Å². The first-order chi connectivity index (χ1) is 16.6. The van der Waals surface area contributed by atoms with Crippen molar-refractivity contribution in [1.29, 1.82) is 0 Å². The molecule has 2 aliphatic rings. The highest BCUT2D eigenvalue weighted by Crippen LogP contribution is 2.44. The summed E-state index contributed by atoms with van der Waals surface area (Å²) in [4.78, 5) is 31.5. The normalized spacial score (nSPS) is 19.4. The van der Waals surface area contributed by atoms with Gasteiger partial charge in [-0.25, -0.2) is 14.6 Å². The summed E-state index contributed by atoms with van der Waals surface area (Å²) in [7, 11) is 0. The molecule has 1 aromatic heterocycles. The second-order valence-electron chi connectivity index (χ2n) is 8.87. The van der Waals surface area contributed by atoms with Gasteiger partial charge in [0.25, 0.3) is 0 Å². The predicted octanol–water partition coefficient (Wildman–Crippen LogP) is 5.84. The Kier molecular flexibility index (Phi) is 6.37. The smallest absolute Gasteiger partial charge is 0.410 e. The Balaban J connectivity index is 1.27. The second kappa shape index (κ2) is 9.58. The number of benzene rings is 2. The molecular weight excluding hydrogens is 448 g/mol. The molecular formula is C27H28N2O4S. The van der Waals surface area contributed by atoms with Crippen molar-refractivity contribution >= 4 is 23.4 Å². The van der Waals surface area contributed by atoms with E-state index in [1.165, 1.54) is 33.6 Å². The topological polar surface area (TPSA) is 68.7 Å². The van der Waals surface area contributed by atoms with Crippen LogP contribution in [0.25, 0.3) is 11.1 Å². The van der Waals surface area contributed by atoms with Crippen LogP contribution in [0.5, 0.6) is 0 Å². The van der Waals surface area contributed by atoms with Gasteiger partial charge in [0.2, 0.25) is 0 Å². The van der Waals surface area contributed by atoms with Crippen molar-refractivity contribution in [3.05, 3.63) is 75.7 Å². The minimum atomic E-state index is -0.400. The van der Waals surface area contributed by atoms with E-state index in [2.05, 4.69) is 36.2 Å². The van der Waals surface area contributed by atoms with Crippen LogP contribution >= 0.6 is 11.3 Å². The second-order valence-corrected chi connectivity index (χ2v) is 9.76. The molecule has 34 heavy (non-hydrogen) atoms. The van der Waals surface area contributed by atoms with Crippen LogP contribution in [0.15, 0.2) is 53.9 Å². The monoisotopic (exact) mass is 476 g/mol. The summed E-state index contributed by atoms with van der Waals surface area (Å²) in [5, 5.41) is 2.61. The zero-order valence-electron chi connectivity index (χ0n) is 19.4. The van der Waals surface area contributed by atoms with Crippen LogP contribution in [0.2, 0.25) is 0 Å². The Morgan fingerprint density at radius 3 is 2.38 bits per heavy atom. The summed E-state index contributed by atoms with van der Waals surface area (Å²) in [6.07, 6.45) is 1.49. The van der Waals surface area contributed by atoms with Gasteiger partial charge >= 0.3 is 12.1 Å². The zero-order valence-corrected chi connectivity index (χ0v) is 20.2. The number of ether oxygens (including phenoxy) is 2. The van der Waals surface area contributed by atoms with Crippen LogP contribution in [0.4, 0.5) is 4.79 Å². The number of thiazole rings is 1. The van der Waals surface area contributed by atoms with E-state index in [9.17, 15) is 9.59 Å². The molecule has 0 bridgehead atoms. The van der Waals surface area contributed by atoms with Crippen LogP contribution < -0.4 is 0 Å². The summed E-state index contributed by atoms with van der Waals surface area (Å²) in [5.74, 6) is -0.272. The van der Waals surface area contributed by atoms with Crippen molar-refractivity contribution in [1.82, 2.24) is 9.88 Å². The minimum Gasteiger partial charge on any atom is -0.461 e. The van der Waals surface area contributed by atoms with Crippen LogP contribution in [0.3, 0.4) is 0 Å². The average Bonchev–Trinajstić information content (AvgIpc) is 3.47. The van der Waals surface area contributed by atoms with Gasteiger partial charge in [-0.05, 0) is 48.9 Å². The fraction of sp³-hybridized carbons (Fsp3) is 0.370. The van der Waals surface area contributed by atoms with E-state index in [4.69, 9.17) is 9.47 Å². The number of amides is 1. The number of piperidine rings is 1. The number of nitrogens with zero attached hydrogens (tertiary/aromatic N) is 2. The molecule has 5 rings (SSSR count). The molecule has 6 nitrogen and oxygen atoms in total. The molecule has 2 atom stereocenters. The lowest BCUT2D eigenvalue weighted by atomic mass is 9.94. The Morgan fingerprint density at radius 2 is 1.71 bits per heavy atom. The summed E-state index contributed by atoms with van der Waals surface area (Å²) in [6, 6.07) is 16.8. The molecule has 2 heterocycles. The largest absolute Gasteiger partial charge is 0.461 e. The van der Waals surface area contributed by atoms with Crippen molar-refractivity contribution < 1.29 is 19.1 Å². The third-order valence-corrected chi connectivity index (χ3v) is 7.82. The van der Waals surface area contributed by atoms with Gasteiger partial charge in [-0.15, -0.1) is 11.3 Å². The van der Waals surface area contributed by atoms with Crippen molar-refractivity contribution in [3.8, 4) is 11.1 Å². The third kappa shape index (κ3) is 4.20. The van der Waals surface area contributed by atoms with Crippen LogP contribution in [0.1, 0.15) is 65.1 Å². The standard InChI is InChI=1S/C27H28N2O4S/c1-3-32-26(30)24-16-34-25(28-24)18-13-12-17(2)29(14-18)27(31)33-15-23-21-10-6-4-8-19(21)20-9-5-7-11-22(20)23/h4-11,16-18,23H,3,12-15H2,1-2H3. The van der Waals surface area contributed by atoms with Crippen molar-refractivity contribution in [2.24, 2.45) is 0 Å². The number of carbonyl (C=O) groups excluding carboxylic acids is 2. The van der Waals surface area contributed by atoms with E-state index in [0.717, 1.165) is 17.8 Å². The van der Waals surface area contributed by atoms with Gasteiger partial charge in [0.05, 0.1) is 11.6 Å². The Labute approximate surface area is 203 Å². The lowest BCUT2D eigenvalue weighted by molar-refractivity contribution is 0.0518. The molecule has 0 N–H and O–H groups in total. The van der Waals surface area contributed by atoms with Crippen LogP contribution in [0, 0.1) is 0 Å². The lowest BCUT2D eigenvalue weighted by Crippen LogP contribution is -2.45.